The predicted octanol–water partition coefficient (Wildman–Crippen LogP) is 1.56. The monoisotopic (exact) mass is 217 g/mol. The van der Waals surface area contributed by atoms with Crippen molar-refractivity contribution in [1.29, 1.82) is 0 Å². The van der Waals surface area contributed by atoms with Crippen molar-refractivity contribution in [3.8, 4) is 0 Å². The van der Waals surface area contributed by atoms with E-state index in [4.69, 9.17) is 4.42 Å². The Morgan fingerprint density at radius 3 is 3.00 bits per heavy atom. The molecule has 0 saturated heterocycles. The van der Waals surface area contributed by atoms with E-state index in [1.165, 1.54) is 6.26 Å². The van der Waals surface area contributed by atoms with Crippen molar-refractivity contribution < 1.29 is 9.21 Å². The fourth-order valence-corrected chi connectivity index (χ4v) is 1.28. The third-order valence-corrected chi connectivity index (χ3v) is 1.94. The molecule has 0 atom stereocenters. The quantitative estimate of drug-likeness (QED) is 0.847. The van der Waals surface area contributed by atoms with Crippen LogP contribution < -0.4 is 5.32 Å². The van der Waals surface area contributed by atoms with Gasteiger partial charge in [-0.25, -0.2) is 9.97 Å². The second kappa shape index (κ2) is 4.57. The molecule has 1 amide bonds. The van der Waals surface area contributed by atoms with Crippen molar-refractivity contribution in [2.45, 2.75) is 13.3 Å². The van der Waals surface area contributed by atoms with Crippen LogP contribution in [-0.2, 0) is 11.2 Å². The molecule has 2 aromatic heterocycles. The van der Waals surface area contributed by atoms with E-state index in [0.717, 1.165) is 0 Å². The first kappa shape index (κ1) is 10.4. The zero-order chi connectivity index (χ0) is 11.4. The molecule has 0 bridgehead atoms. The van der Waals surface area contributed by atoms with Crippen molar-refractivity contribution in [1.82, 2.24) is 9.97 Å². The number of anilines is 1. The zero-order valence-corrected chi connectivity index (χ0v) is 8.80. The number of amides is 1. The first-order chi connectivity index (χ1) is 7.74. The lowest BCUT2D eigenvalue weighted by Gasteiger charge is -2.01. The van der Waals surface area contributed by atoms with E-state index in [2.05, 4.69) is 15.3 Å². The Morgan fingerprint density at radius 2 is 2.38 bits per heavy atom. The summed E-state index contributed by atoms with van der Waals surface area (Å²) in [5.74, 6) is 0.931. The van der Waals surface area contributed by atoms with E-state index in [-0.39, 0.29) is 12.3 Å². The molecule has 16 heavy (non-hydrogen) atoms. The summed E-state index contributed by atoms with van der Waals surface area (Å²) >= 11 is 0. The van der Waals surface area contributed by atoms with Gasteiger partial charge in [-0.05, 0) is 12.1 Å². The third kappa shape index (κ3) is 2.66. The summed E-state index contributed by atoms with van der Waals surface area (Å²) in [4.78, 5) is 19.6. The highest BCUT2D eigenvalue weighted by Gasteiger charge is 2.07. The Labute approximate surface area is 92.5 Å². The van der Waals surface area contributed by atoms with Gasteiger partial charge in [0.25, 0.3) is 0 Å². The molecular weight excluding hydrogens is 206 g/mol. The number of oxazole rings is 1. The van der Waals surface area contributed by atoms with Gasteiger partial charge >= 0.3 is 0 Å². The minimum atomic E-state index is -0.160. The molecule has 0 aliphatic rings. The number of rotatable bonds is 3. The summed E-state index contributed by atoms with van der Waals surface area (Å²) in [7, 11) is 0. The highest BCUT2D eigenvalue weighted by atomic mass is 16.3. The van der Waals surface area contributed by atoms with Gasteiger partial charge in [0.2, 0.25) is 5.91 Å². The van der Waals surface area contributed by atoms with Gasteiger partial charge in [0.05, 0.1) is 12.1 Å². The normalized spacial score (nSPS) is 10.1. The molecule has 1 N–H and O–H groups in total. The van der Waals surface area contributed by atoms with Crippen LogP contribution in [0.15, 0.2) is 35.1 Å². The second-order valence-corrected chi connectivity index (χ2v) is 3.30. The molecule has 0 aliphatic heterocycles. The van der Waals surface area contributed by atoms with Crippen molar-refractivity contribution in [2.75, 3.05) is 5.32 Å². The molecule has 0 spiro atoms. The number of aryl methyl sites for hydroxylation is 1. The smallest absolute Gasteiger partial charge is 0.231 e. The van der Waals surface area contributed by atoms with E-state index in [9.17, 15) is 4.79 Å². The van der Waals surface area contributed by atoms with Gasteiger partial charge in [-0.2, -0.15) is 0 Å². The standard InChI is InChI=1S/C11H11N3O2/c1-8-13-9(7-16-8)6-11(15)14-10-4-2-3-5-12-10/h2-5,7H,6H2,1H3,(H,12,14,15). The summed E-state index contributed by atoms with van der Waals surface area (Å²) < 4.78 is 5.01. The zero-order valence-electron chi connectivity index (χ0n) is 8.80. The first-order valence-electron chi connectivity index (χ1n) is 4.86. The van der Waals surface area contributed by atoms with Gasteiger partial charge in [0.1, 0.15) is 12.1 Å². The van der Waals surface area contributed by atoms with Crippen LogP contribution in [0.25, 0.3) is 0 Å². The molecule has 5 heteroatoms. The van der Waals surface area contributed by atoms with E-state index in [1.54, 1.807) is 25.3 Å². The summed E-state index contributed by atoms with van der Waals surface area (Å²) in [5, 5.41) is 2.67. The Morgan fingerprint density at radius 1 is 1.50 bits per heavy atom. The number of hydrogen-bond donors (Lipinski definition) is 1. The van der Waals surface area contributed by atoms with Crippen LogP contribution in [0.5, 0.6) is 0 Å². The number of pyridine rings is 1. The van der Waals surface area contributed by atoms with Crippen LogP contribution in [0.1, 0.15) is 11.6 Å². The maximum absolute atomic E-state index is 11.6. The van der Waals surface area contributed by atoms with Crippen molar-refractivity contribution in [2.24, 2.45) is 0 Å². The SMILES string of the molecule is Cc1nc(CC(=O)Nc2ccccn2)co1. The third-order valence-electron chi connectivity index (χ3n) is 1.94. The maximum atomic E-state index is 11.6. The van der Waals surface area contributed by atoms with Crippen LogP contribution in [0.3, 0.4) is 0 Å². The lowest BCUT2D eigenvalue weighted by atomic mass is 10.3. The van der Waals surface area contributed by atoms with E-state index in [1.807, 2.05) is 6.07 Å². The molecule has 0 aromatic carbocycles. The molecule has 0 fully saturated rings. The van der Waals surface area contributed by atoms with Gasteiger partial charge in [0, 0.05) is 13.1 Å². The average molecular weight is 217 g/mol. The number of hydrogen-bond acceptors (Lipinski definition) is 4. The molecular formula is C11H11N3O2. The number of nitrogens with one attached hydrogen (secondary N) is 1. The molecule has 2 aromatic rings. The number of aromatic nitrogens is 2. The molecule has 5 nitrogen and oxygen atoms in total. The van der Waals surface area contributed by atoms with Crippen LogP contribution >= 0.6 is 0 Å². The average Bonchev–Trinajstić information content (AvgIpc) is 2.65. The van der Waals surface area contributed by atoms with Crippen molar-refractivity contribution in [3.63, 3.8) is 0 Å². The van der Waals surface area contributed by atoms with E-state index < -0.39 is 0 Å². The molecule has 2 rings (SSSR count). The molecule has 0 aliphatic carbocycles. The lowest BCUT2D eigenvalue weighted by Crippen LogP contribution is -2.15. The summed E-state index contributed by atoms with van der Waals surface area (Å²) in [5.41, 5.74) is 0.617. The van der Waals surface area contributed by atoms with Crippen LogP contribution in [0.2, 0.25) is 0 Å². The van der Waals surface area contributed by atoms with Crippen molar-refractivity contribution >= 4 is 11.7 Å². The fraction of sp³-hybridized carbons (Fsp3) is 0.182. The maximum Gasteiger partial charge on any atom is 0.231 e. The van der Waals surface area contributed by atoms with Gasteiger partial charge in [-0.3, -0.25) is 4.79 Å². The van der Waals surface area contributed by atoms with Gasteiger partial charge < -0.3 is 9.73 Å². The second-order valence-electron chi connectivity index (χ2n) is 3.30. The number of nitrogens with zero attached hydrogens (tertiary/aromatic N) is 2. The summed E-state index contributed by atoms with van der Waals surface area (Å²) in [6.45, 7) is 1.74. The fourth-order valence-electron chi connectivity index (χ4n) is 1.28. The largest absolute Gasteiger partial charge is 0.449 e. The van der Waals surface area contributed by atoms with E-state index in [0.29, 0.717) is 17.4 Å². The Kier molecular flexibility index (Phi) is 2.95. The molecule has 0 radical (unpaired) electrons. The topological polar surface area (TPSA) is 68.0 Å². The molecule has 0 saturated carbocycles. The Balaban J connectivity index is 1.95. The molecule has 0 unspecified atom stereocenters. The summed E-state index contributed by atoms with van der Waals surface area (Å²) in [6, 6.07) is 5.32. The van der Waals surface area contributed by atoms with Gasteiger partial charge in [0.15, 0.2) is 5.89 Å². The highest BCUT2D eigenvalue weighted by molar-refractivity contribution is 5.90. The summed E-state index contributed by atoms with van der Waals surface area (Å²) in [6.07, 6.45) is 3.29. The lowest BCUT2D eigenvalue weighted by molar-refractivity contribution is -0.115. The first-order valence-corrected chi connectivity index (χ1v) is 4.86. The van der Waals surface area contributed by atoms with Gasteiger partial charge in [-0.1, -0.05) is 6.07 Å². The highest BCUT2D eigenvalue weighted by Crippen LogP contribution is 2.04. The number of carbonyl (C=O) groups excluding carboxylic acids is 1. The number of carbonyl (C=O) groups is 1. The minimum absolute atomic E-state index is 0.160. The van der Waals surface area contributed by atoms with Crippen LogP contribution in [-0.4, -0.2) is 15.9 Å². The van der Waals surface area contributed by atoms with Gasteiger partial charge in [-0.15, -0.1) is 0 Å². The van der Waals surface area contributed by atoms with Crippen molar-refractivity contribution in [3.05, 3.63) is 42.2 Å². The Hall–Kier alpha value is -2.17. The Bertz CT molecular complexity index is 479. The molecule has 82 valence electrons. The minimum Gasteiger partial charge on any atom is -0.449 e. The van der Waals surface area contributed by atoms with E-state index >= 15 is 0 Å². The van der Waals surface area contributed by atoms with Crippen LogP contribution in [0, 0.1) is 6.92 Å². The molecule has 2 heterocycles. The van der Waals surface area contributed by atoms with Crippen LogP contribution in [0.4, 0.5) is 5.82 Å². The predicted molar refractivity (Wildman–Crippen MR) is 57.8 cm³/mol.